The maximum absolute atomic E-state index is 9.80. The highest BCUT2D eigenvalue weighted by molar-refractivity contribution is 5.75. The molecule has 0 saturated heterocycles. The van der Waals surface area contributed by atoms with Crippen LogP contribution in [0, 0.1) is 0 Å². The molecular weight excluding hydrogens is 104 g/mol. The number of carbonyl (C=O) groups is 1. The zero-order valence-corrected chi connectivity index (χ0v) is 4.77. The van der Waals surface area contributed by atoms with Crippen molar-refractivity contribution >= 4 is 12.6 Å². The average molecular weight is 113 g/mol. The van der Waals surface area contributed by atoms with Gasteiger partial charge in [-0.3, -0.25) is 9.79 Å². The van der Waals surface area contributed by atoms with Crippen molar-refractivity contribution in [2.45, 2.75) is 0 Å². The van der Waals surface area contributed by atoms with Gasteiger partial charge in [-0.25, -0.2) is 5.32 Å². The van der Waals surface area contributed by atoms with Gasteiger partial charge in [0.25, 0.3) is 0 Å². The monoisotopic (exact) mass is 113 g/mol. The van der Waals surface area contributed by atoms with Gasteiger partial charge in [0, 0.05) is 0 Å². The fourth-order valence-electron chi connectivity index (χ4n) is 0.199. The molecule has 0 atom stereocenters. The third-order valence-corrected chi connectivity index (χ3v) is 0.544. The first-order valence-corrected chi connectivity index (χ1v) is 2.21. The maximum atomic E-state index is 9.80. The summed E-state index contributed by atoms with van der Waals surface area (Å²) in [7, 11) is 1.73. The van der Waals surface area contributed by atoms with E-state index < -0.39 is 0 Å². The molecule has 2 N–H and O–H groups in total. The lowest BCUT2D eigenvalue weighted by atomic mass is 10.6. The van der Waals surface area contributed by atoms with Crippen LogP contribution < -0.4 is 10.3 Å². The summed E-state index contributed by atoms with van der Waals surface area (Å²) in [5.41, 5.74) is 0.347. The van der Waals surface area contributed by atoms with Crippen LogP contribution in [0.25, 0.3) is 0 Å². The SMILES string of the molecule is C=C(C=O)NC=[NH+]C. The first-order chi connectivity index (χ1) is 3.81. The number of rotatable bonds is 3. The van der Waals surface area contributed by atoms with E-state index in [0.29, 0.717) is 12.0 Å². The second kappa shape index (κ2) is 4.05. The lowest BCUT2D eigenvalue weighted by Gasteiger charge is -1.81. The second-order valence-corrected chi connectivity index (χ2v) is 1.22. The number of carbonyl (C=O) groups excluding carboxylic acids is 1. The Morgan fingerprint density at radius 3 is 2.88 bits per heavy atom. The van der Waals surface area contributed by atoms with E-state index in [1.165, 1.54) is 6.34 Å². The normalized spacial score (nSPS) is 9.12. The molecule has 0 spiro atoms. The molecule has 0 saturated carbocycles. The van der Waals surface area contributed by atoms with Crippen molar-refractivity contribution in [3.05, 3.63) is 12.3 Å². The van der Waals surface area contributed by atoms with E-state index in [-0.39, 0.29) is 0 Å². The van der Waals surface area contributed by atoms with Crippen LogP contribution in [0.5, 0.6) is 0 Å². The Hall–Kier alpha value is -1.12. The van der Waals surface area contributed by atoms with E-state index in [2.05, 4.69) is 16.9 Å². The van der Waals surface area contributed by atoms with E-state index in [1.54, 1.807) is 7.05 Å². The lowest BCUT2D eigenvalue weighted by Crippen LogP contribution is -2.65. The van der Waals surface area contributed by atoms with E-state index >= 15 is 0 Å². The Balaban J connectivity index is 3.39. The Morgan fingerprint density at radius 2 is 2.50 bits per heavy atom. The molecule has 0 bridgehead atoms. The van der Waals surface area contributed by atoms with Gasteiger partial charge in [0.05, 0.1) is 7.05 Å². The molecule has 0 rings (SSSR count). The number of allylic oxidation sites excluding steroid dienone is 1. The van der Waals surface area contributed by atoms with Crippen LogP contribution in [0.4, 0.5) is 0 Å². The average Bonchev–Trinajstić information content (AvgIpc) is 1.83. The Bertz CT molecular complexity index is 118. The molecule has 0 aromatic rings. The highest BCUT2D eigenvalue weighted by Crippen LogP contribution is 1.65. The minimum atomic E-state index is 0.347. The van der Waals surface area contributed by atoms with E-state index in [0.717, 1.165) is 0 Å². The molecule has 3 heteroatoms. The molecule has 0 fully saturated rings. The predicted molar refractivity (Wildman–Crippen MR) is 31.3 cm³/mol. The van der Waals surface area contributed by atoms with Gasteiger partial charge in [-0.2, -0.15) is 0 Å². The van der Waals surface area contributed by atoms with Gasteiger partial charge in [0.2, 0.25) is 6.34 Å². The van der Waals surface area contributed by atoms with Crippen molar-refractivity contribution in [3.8, 4) is 0 Å². The molecule has 0 aliphatic carbocycles. The Kier molecular flexibility index (Phi) is 3.48. The summed E-state index contributed by atoms with van der Waals surface area (Å²) in [5.74, 6) is 0. The summed E-state index contributed by atoms with van der Waals surface area (Å²) in [6.45, 7) is 3.36. The van der Waals surface area contributed by atoms with Gasteiger partial charge < -0.3 is 0 Å². The lowest BCUT2D eigenvalue weighted by molar-refractivity contribution is -0.416. The molecule has 0 heterocycles. The number of nitrogens with one attached hydrogen (secondary N) is 2. The zero-order valence-electron chi connectivity index (χ0n) is 4.77. The fourth-order valence-corrected chi connectivity index (χ4v) is 0.199. The minimum absolute atomic E-state index is 0.347. The number of hydrogen-bond donors (Lipinski definition) is 2. The largest absolute Gasteiger partial charge is 0.294 e. The van der Waals surface area contributed by atoms with E-state index in [9.17, 15) is 4.79 Å². The van der Waals surface area contributed by atoms with Crippen molar-refractivity contribution in [3.63, 3.8) is 0 Å². The number of hydrogen-bond acceptors (Lipinski definition) is 1. The summed E-state index contributed by atoms with van der Waals surface area (Å²) < 4.78 is 0. The summed E-state index contributed by atoms with van der Waals surface area (Å²) >= 11 is 0. The van der Waals surface area contributed by atoms with Crippen LogP contribution in [-0.4, -0.2) is 19.7 Å². The molecule has 3 nitrogen and oxygen atoms in total. The molecule has 0 aromatic heterocycles. The molecule has 0 amide bonds. The van der Waals surface area contributed by atoms with Crippen molar-refractivity contribution in [1.82, 2.24) is 5.32 Å². The van der Waals surface area contributed by atoms with Gasteiger partial charge in [-0.15, -0.1) is 0 Å². The van der Waals surface area contributed by atoms with Crippen molar-refractivity contribution < 1.29 is 9.79 Å². The van der Waals surface area contributed by atoms with Crippen LogP contribution in [-0.2, 0) is 4.79 Å². The molecule has 0 aromatic carbocycles. The standard InChI is InChI=1S/C5H8N2O/c1-5(3-8)7-4-6-2/h3-4H,1H2,2H3,(H,6,7)/p+1. The Morgan fingerprint density at radius 1 is 1.88 bits per heavy atom. The van der Waals surface area contributed by atoms with Crippen LogP contribution >= 0.6 is 0 Å². The van der Waals surface area contributed by atoms with Gasteiger partial charge >= 0.3 is 0 Å². The molecule has 8 heavy (non-hydrogen) atoms. The molecule has 0 unspecified atom stereocenters. The summed E-state index contributed by atoms with van der Waals surface area (Å²) in [6.07, 6.45) is 2.17. The molecule has 44 valence electrons. The van der Waals surface area contributed by atoms with Crippen molar-refractivity contribution in [1.29, 1.82) is 0 Å². The zero-order chi connectivity index (χ0) is 6.41. The van der Waals surface area contributed by atoms with Gasteiger partial charge in [-0.1, -0.05) is 0 Å². The summed E-state index contributed by atoms with van der Waals surface area (Å²) in [5, 5.41) is 2.58. The van der Waals surface area contributed by atoms with E-state index in [1.807, 2.05) is 0 Å². The van der Waals surface area contributed by atoms with Gasteiger partial charge in [-0.05, 0) is 6.58 Å². The fraction of sp³-hybridized carbons (Fsp3) is 0.200. The van der Waals surface area contributed by atoms with Crippen LogP contribution in [0.2, 0.25) is 0 Å². The highest BCUT2D eigenvalue weighted by atomic mass is 16.1. The summed E-state index contributed by atoms with van der Waals surface area (Å²) in [4.78, 5) is 12.5. The topological polar surface area (TPSA) is 43.1 Å². The second-order valence-electron chi connectivity index (χ2n) is 1.22. The van der Waals surface area contributed by atoms with Crippen molar-refractivity contribution in [2.75, 3.05) is 7.05 Å². The molecule has 0 aliphatic heterocycles. The first-order valence-electron chi connectivity index (χ1n) is 2.21. The molecular formula is C5H9N2O+. The predicted octanol–water partition coefficient (Wildman–Crippen LogP) is -1.97. The smallest absolute Gasteiger partial charge is 0.234 e. The third kappa shape index (κ3) is 3.08. The van der Waals surface area contributed by atoms with Crippen LogP contribution in [0.15, 0.2) is 12.3 Å². The number of aldehydes is 1. The summed E-state index contributed by atoms with van der Waals surface area (Å²) in [6, 6.07) is 0. The third-order valence-electron chi connectivity index (χ3n) is 0.544. The first kappa shape index (κ1) is 6.88. The van der Waals surface area contributed by atoms with Crippen LogP contribution in [0.1, 0.15) is 0 Å². The van der Waals surface area contributed by atoms with Crippen LogP contribution in [0.3, 0.4) is 0 Å². The van der Waals surface area contributed by atoms with Gasteiger partial charge in [0.15, 0.2) is 12.0 Å². The molecule has 0 radical (unpaired) electrons. The quantitative estimate of drug-likeness (QED) is 0.193. The Labute approximate surface area is 48.1 Å². The maximum Gasteiger partial charge on any atom is 0.234 e. The minimum Gasteiger partial charge on any atom is -0.294 e. The van der Waals surface area contributed by atoms with E-state index in [4.69, 9.17) is 0 Å². The van der Waals surface area contributed by atoms with Gasteiger partial charge in [0.1, 0.15) is 0 Å². The highest BCUT2D eigenvalue weighted by Gasteiger charge is 1.86. The van der Waals surface area contributed by atoms with Crippen molar-refractivity contribution in [2.24, 2.45) is 0 Å². The molecule has 0 aliphatic rings.